The molecule has 0 unspecified atom stereocenters. The summed E-state index contributed by atoms with van der Waals surface area (Å²) in [5.41, 5.74) is 1.38. The predicted octanol–water partition coefficient (Wildman–Crippen LogP) is 4.86. The Morgan fingerprint density at radius 1 is 1.50 bits per heavy atom. The molecule has 94 valence electrons. The van der Waals surface area contributed by atoms with Crippen LogP contribution in [-0.2, 0) is 0 Å². The molecular formula is C12H8BrClFNOS. The van der Waals surface area contributed by atoms with Gasteiger partial charge in [0.1, 0.15) is 10.7 Å². The van der Waals surface area contributed by atoms with Crippen LogP contribution >= 0.6 is 38.9 Å². The number of rotatable bonds is 2. The molecule has 18 heavy (non-hydrogen) atoms. The number of carbonyl (C=O) groups is 1. The lowest BCUT2D eigenvalue weighted by Crippen LogP contribution is -2.10. The zero-order valence-electron chi connectivity index (χ0n) is 9.26. The molecule has 0 atom stereocenters. The van der Waals surface area contributed by atoms with Crippen molar-refractivity contribution in [2.45, 2.75) is 6.92 Å². The van der Waals surface area contributed by atoms with Crippen LogP contribution in [0.4, 0.5) is 10.1 Å². The van der Waals surface area contributed by atoms with E-state index in [1.807, 2.05) is 12.3 Å². The van der Waals surface area contributed by atoms with Crippen molar-refractivity contribution < 1.29 is 9.18 Å². The molecule has 1 N–H and O–H groups in total. The minimum atomic E-state index is -0.377. The van der Waals surface area contributed by atoms with Gasteiger partial charge in [0.15, 0.2) is 0 Å². The summed E-state index contributed by atoms with van der Waals surface area (Å²) in [5.74, 6) is -0.672. The van der Waals surface area contributed by atoms with E-state index in [-0.39, 0.29) is 11.7 Å². The Morgan fingerprint density at radius 2 is 2.22 bits per heavy atom. The number of amides is 1. The summed E-state index contributed by atoms with van der Waals surface area (Å²) in [6.07, 6.45) is 0. The first kappa shape index (κ1) is 13.5. The number of anilines is 1. The zero-order chi connectivity index (χ0) is 13.3. The quantitative estimate of drug-likeness (QED) is 0.824. The molecule has 0 aliphatic heterocycles. The van der Waals surface area contributed by atoms with Gasteiger partial charge in [-0.15, -0.1) is 11.3 Å². The maximum atomic E-state index is 13.0. The molecule has 1 heterocycles. The molecular weight excluding hydrogens is 341 g/mol. The lowest BCUT2D eigenvalue weighted by molar-refractivity contribution is 0.103. The van der Waals surface area contributed by atoms with Gasteiger partial charge in [0.05, 0.1) is 9.50 Å². The van der Waals surface area contributed by atoms with E-state index in [1.54, 1.807) is 0 Å². The van der Waals surface area contributed by atoms with Crippen LogP contribution in [0, 0.1) is 12.7 Å². The summed E-state index contributed by atoms with van der Waals surface area (Å²) >= 11 is 10.3. The van der Waals surface area contributed by atoms with E-state index in [4.69, 9.17) is 11.6 Å². The average Bonchev–Trinajstić information content (AvgIpc) is 2.65. The second-order valence-electron chi connectivity index (χ2n) is 3.64. The molecule has 0 saturated carbocycles. The van der Waals surface area contributed by atoms with Crippen molar-refractivity contribution in [3.63, 3.8) is 0 Å². The van der Waals surface area contributed by atoms with Crippen LogP contribution in [0.25, 0.3) is 0 Å². The molecule has 0 radical (unpaired) electrons. The van der Waals surface area contributed by atoms with E-state index < -0.39 is 0 Å². The zero-order valence-corrected chi connectivity index (χ0v) is 12.4. The van der Waals surface area contributed by atoms with Gasteiger partial charge < -0.3 is 5.32 Å². The largest absolute Gasteiger partial charge is 0.321 e. The first-order valence-corrected chi connectivity index (χ1v) is 7.04. The summed E-state index contributed by atoms with van der Waals surface area (Å²) < 4.78 is 13.3. The van der Waals surface area contributed by atoms with Gasteiger partial charge in [-0.3, -0.25) is 4.79 Å². The summed E-state index contributed by atoms with van der Waals surface area (Å²) in [6, 6.07) is 4.27. The molecule has 2 nitrogen and oxygen atoms in total. The lowest BCUT2D eigenvalue weighted by atomic mass is 10.3. The van der Waals surface area contributed by atoms with E-state index in [0.29, 0.717) is 20.1 Å². The van der Waals surface area contributed by atoms with Gasteiger partial charge >= 0.3 is 0 Å². The number of aryl methyl sites for hydroxylation is 1. The highest BCUT2D eigenvalue weighted by Crippen LogP contribution is 2.28. The fourth-order valence-electron chi connectivity index (χ4n) is 1.34. The third kappa shape index (κ3) is 2.74. The molecule has 2 aromatic rings. The van der Waals surface area contributed by atoms with Gasteiger partial charge in [-0.1, -0.05) is 11.6 Å². The van der Waals surface area contributed by atoms with Crippen LogP contribution in [0.2, 0.25) is 5.02 Å². The molecule has 2 rings (SSSR count). The van der Waals surface area contributed by atoms with Gasteiger partial charge in [0.2, 0.25) is 0 Å². The minimum Gasteiger partial charge on any atom is -0.321 e. The fraction of sp³-hybridized carbons (Fsp3) is 0.0833. The molecule has 1 aromatic heterocycles. The fourth-order valence-corrected chi connectivity index (χ4v) is 2.90. The molecule has 0 aliphatic rings. The number of thiophene rings is 1. The standard InChI is InChI=1S/C12H8BrClFNOS/c1-6-5-18-11(10(6)14)12(17)16-7-2-3-9(15)8(13)4-7/h2-5H,1H3,(H,16,17). The Hall–Kier alpha value is -0.910. The summed E-state index contributed by atoms with van der Waals surface area (Å²) in [6.45, 7) is 1.84. The number of benzene rings is 1. The van der Waals surface area contributed by atoms with Crippen molar-refractivity contribution in [3.05, 3.63) is 49.3 Å². The average molecular weight is 349 g/mol. The third-order valence-corrected chi connectivity index (χ3v) is 4.59. The van der Waals surface area contributed by atoms with Crippen molar-refractivity contribution in [2.24, 2.45) is 0 Å². The Balaban J connectivity index is 2.21. The van der Waals surface area contributed by atoms with E-state index in [9.17, 15) is 9.18 Å². The SMILES string of the molecule is Cc1csc(C(=O)Nc2ccc(F)c(Br)c2)c1Cl. The van der Waals surface area contributed by atoms with E-state index in [0.717, 1.165) is 5.56 Å². The topological polar surface area (TPSA) is 29.1 Å². The number of hydrogen-bond donors (Lipinski definition) is 1. The monoisotopic (exact) mass is 347 g/mol. The highest BCUT2D eigenvalue weighted by molar-refractivity contribution is 9.10. The third-order valence-electron chi connectivity index (χ3n) is 2.28. The van der Waals surface area contributed by atoms with Gasteiger partial charge in [-0.2, -0.15) is 0 Å². The van der Waals surface area contributed by atoms with Crippen molar-refractivity contribution in [1.29, 1.82) is 0 Å². The van der Waals surface area contributed by atoms with Gasteiger partial charge in [-0.05, 0) is 52.0 Å². The number of halogens is 3. The smallest absolute Gasteiger partial charge is 0.267 e. The maximum Gasteiger partial charge on any atom is 0.267 e. The molecule has 1 aromatic carbocycles. The molecule has 0 saturated heterocycles. The second-order valence-corrected chi connectivity index (χ2v) is 5.76. The van der Waals surface area contributed by atoms with Crippen LogP contribution in [0.5, 0.6) is 0 Å². The predicted molar refractivity (Wildman–Crippen MR) is 76.1 cm³/mol. The number of hydrogen-bond acceptors (Lipinski definition) is 2. The molecule has 1 amide bonds. The van der Waals surface area contributed by atoms with Crippen LogP contribution in [0.15, 0.2) is 28.1 Å². The Labute approximate surface area is 121 Å². The van der Waals surface area contributed by atoms with Crippen LogP contribution in [0.3, 0.4) is 0 Å². The highest BCUT2D eigenvalue weighted by Gasteiger charge is 2.15. The van der Waals surface area contributed by atoms with Crippen molar-refractivity contribution in [3.8, 4) is 0 Å². The molecule has 0 spiro atoms. The summed E-state index contributed by atoms with van der Waals surface area (Å²) in [7, 11) is 0. The van der Waals surface area contributed by atoms with Gasteiger partial charge in [0, 0.05) is 5.69 Å². The molecule has 6 heteroatoms. The van der Waals surface area contributed by atoms with Crippen LogP contribution < -0.4 is 5.32 Å². The van der Waals surface area contributed by atoms with E-state index >= 15 is 0 Å². The Bertz CT molecular complexity index is 614. The Kier molecular flexibility index (Phi) is 4.04. The van der Waals surface area contributed by atoms with Gasteiger partial charge in [0.25, 0.3) is 5.91 Å². The highest BCUT2D eigenvalue weighted by atomic mass is 79.9. The number of carbonyl (C=O) groups excluding carboxylic acids is 1. The lowest BCUT2D eigenvalue weighted by Gasteiger charge is -2.05. The van der Waals surface area contributed by atoms with Crippen LogP contribution in [0.1, 0.15) is 15.2 Å². The van der Waals surface area contributed by atoms with E-state index in [2.05, 4.69) is 21.2 Å². The Morgan fingerprint density at radius 3 is 2.78 bits per heavy atom. The first-order valence-electron chi connectivity index (χ1n) is 4.99. The molecule has 0 bridgehead atoms. The molecule has 0 aliphatic carbocycles. The summed E-state index contributed by atoms with van der Waals surface area (Å²) in [4.78, 5) is 12.4. The normalized spacial score (nSPS) is 10.4. The summed E-state index contributed by atoms with van der Waals surface area (Å²) in [5, 5.41) is 4.95. The van der Waals surface area contributed by atoms with Gasteiger partial charge in [-0.25, -0.2) is 4.39 Å². The number of nitrogens with one attached hydrogen (secondary N) is 1. The van der Waals surface area contributed by atoms with Crippen molar-refractivity contribution in [2.75, 3.05) is 5.32 Å². The second kappa shape index (κ2) is 5.38. The van der Waals surface area contributed by atoms with E-state index in [1.165, 1.54) is 29.5 Å². The molecule has 0 fully saturated rings. The van der Waals surface area contributed by atoms with Crippen molar-refractivity contribution >= 4 is 50.5 Å². The van der Waals surface area contributed by atoms with Crippen LogP contribution in [-0.4, -0.2) is 5.91 Å². The maximum absolute atomic E-state index is 13.0. The first-order chi connectivity index (χ1) is 8.49. The van der Waals surface area contributed by atoms with Crippen molar-refractivity contribution in [1.82, 2.24) is 0 Å². The minimum absolute atomic E-state index is 0.295.